The molecule has 1 heterocycles. The molecule has 0 fully saturated rings. The van der Waals surface area contributed by atoms with Gasteiger partial charge < -0.3 is 9.84 Å². The molecule has 1 aromatic carbocycles. The number of aromatic nitrogens is 2. The quantitative estimate of drug-likeness (QED) is 0.897. The van der Waals surface area contributed by atoms with Crippen molar-refractivity contribution in [2.75, 3.05) is 7.11 Å². The Morgan fingerprint density at radius 1 is 1.39 bits per heavy atom. The molecule has 4 heteroatoms. The molecule has 0 amide bonds. The molecule has 96 valence electrons. The number of nitrogens with zero attached hydrogens (tertiary/aromatic N) is 2. The molecule has 0 spiro atoms. The van der Waals surface area contributed by atoms with Crippen LogP contribution >= 0.6 is 0 Å². The average molecular weight is 246 g/mol. The van der Waals surface area contributed by atoms with Gasteiger partial charge in [0.25, 0.3) is 0 Å². The minimum Gasteiger partial charge on any atom is -0.496 e. The molecule has 0 saturated carbocycles. The second-order valence-corrected chi connectivity index (χ2v) is 4.38. The van der Waals surface area contributed by atoms with Gasteiger partial charge in [0.2, 0.25) is 0 Å². The monoisotopic (exact) mass is 246 g/mol. The van der Waals surface area contributed by atoms with Gasteiger partial charge in [0.1, 0.15) is 5.75 Å². The molecule has 2 rings (SSSR count). The molecule has 0 bridgehead atoms. The van der Waals surface area contributed by atoms with Crippen molar-refractivity contribution in [3.8, 4) is 5.75 Å². The third-order valence-electron chi connectivity index (χ3n) is 3.02. The smallest absolute Gasteiger partial charge is 0.122 e. The summed E-state index contributed by atoms with van der Waals surface area (Å²) in [6.07, 6.45) is 1.82. The van der Waals surface area contributed by atoms with Crippen molar-refractivity contribution in [1.82, 2.24) is 9.78 Å². The minimum absolute atomic E-state index is 0.524. The zero-order valence-corrected chi connectivity index (χ0v) is 10.9. The third kappa shape index (κ3) is 2.54. The molecule has 0 aliphatic carbocycles. The van der Waals surface area contributed by atoms with E-state index in [1.807, 2.05) is 44.4 Å². The predicted octanol–water partition coefficient (Wildman–Crippen LogP) is 2.01. The Bertz CT molecular complexity index is 534. The second-order valence-electron chi connectivity index (χ2n) is 4.38. The van der Waals surface area contributed by atoms with Crippen LogP contribution < -0.4 is 4.74 Å². The van der Waals surface area contributed by atoms with Crippen LogP contribution in [-0.2, 0) is 13.5 Å². The minimum atomic E-state index is -0.560. The summed E-state index contributed by atoms with van der Waals surface area (Å²) in [7, 11) is 3.49. The Labute approximate surface area is 107 Å². The van der Waals surface area contributed by atoms with E-state index in [1.165, 1.54) is 0 Å². The van der Waals surface area contributed by atoms with Crippen LogP contribution in [0, 0.1) is 6.92 Å². The maximum absolute atomic E-state index is 10.3. The van der Waals surface area contributed by atoms with Gasteiger partial charge in [0.15, 0.2) is 0 Å². The van der Waals surface area contributed by atoms with Crippen LogP contribution in [0.5, 0.6) is 5.75 Å². The number of aliphatic hydroxyl groups excluding tert-OH is 1. The highest BCUT2D eigenvalue weighted by atomic mass is 16.5. The van der Waals surface area contributed by atoms with Gasteiger partial charge >= 0.3 is 0 Å². The molecule has 1 unspecified atom stereocenters. The maximum atomic E-state index is 10.3. The van der Waals surface area contributed by atoms with Crippen LogP contribution in [0.25, 0.3) is 0 Å². The van der Waals surface area contributed by atoms with E-state index in [0.717, 1.165) is 22.6 Å². The molecule has 4 nitrogen and oxygen atoms in total. The summed E-state index contributed by atoms with van der Waals surface area (Å²) in [5.74, 6) is 0.804. The van der Waals surface area contributed by atoms with Crippen molar-refractivity contribution in [1.29, 1.82) is 0 Å². The zero-order chi connectivity index (χ0) is 13.1. The van der Waals surface area contributed by atoms with Crippen LogP contribution in [0.2, 0.25) is 0 Å². The first-order valence-electron chi connectivity index (χ1n) is 5.92. The lowest BCUT2D eigenvalue weighted by Crippen LogP contribution is -2.03. The van der Waals surface area contributed by atoms with Crippen LogP contribution in [-0.4, -0.2) is 22.0 Å². The Morgan fingerprint density at radius 2 is 2.11 bits per heavy atom. The predicted molar refractivity (Wildman–Crippen MR) is 69.6 cm³/mol. The van der Waals surface area contributed by atoms with Crippen molar-refractivity contribution in [2.24, 2.45) is 7.05 Å². The molecular weight excluding hydrogens is 228 g/mol. The Balaban J connectivity index is 2.21. The maximum Gasteiger partial charge on any atom is 0.122 e. The number of hydrogen-bond donors (Lipinski definition) is 1. The molecule has 18 heavy (non-hydrogen) atoms. The average Bonchev–Trinajstić information content (AvgIpc) is 2.69. The van der Waals surface area contributed by atoms with Gasteiger partial charge in [-0.15, -0.1) is 0 Å². The fraction of sp³-hybridized carbons (Fsp3) is 0.357. The standard InChI is InChI=1S/C14H18N2O2/c1-10-12(9-16(2)15-10)13(17)8-11-6-4-5-7-14(11)18-3/h4-7,9,13,17H,8H2,1-3H3. The van der Waals surface area contributed by atoms with Crippen molar-refractivity contribution in [3.05, 3.63) is 47.3 Å². The summed E-state index contributed by atoms with van der Waals surface area (Å²) in [5, 5.41) is 14.5. The molecule has 1 aromatic heterocycles. The summed E-state index contributed by atoms with van der Waals surface area (Å²) < 4.78 is 7.00. The molecule has 0 aliphatic heterocycles. The van der Waals surface area contributed by atoms with Gasteiger partial charge in [0.05, 0.1) is 18.9 Å². The zero-order valence-electron chi connectivity index (χ0n) is 10.9. The highest BCUT2D eigenvalue weighted by molar-refractivity contribution is 5.35. The van der Waals surface area contributed by atoms with Gasteiger partial charge in [-0.25, -0.2) is 0 Å². The molecule has 1 atom stereocenters. The number of benzene rings is 1. The highest BCUT2D eigenvalue weighted by Gasteiger charge is 2.15. The number of ether oxygens (including phenoxy) is 1. The Morgan fingerprint density at radius 3 is 2.72 bits per heavy atom. The van der Waals surface area contributed by atoms with Gasteiger partial charge in [-0.05, 0) is 18.6 Å². The summed E-state index contributed by atoms with van der Waals surface area (Å²) in [4.78, 5) is 0. The number of aliphatic hydroxyl groups is 1. The third-order valence-corrected chi connectivity index (χ3v) is 3.02. The lowest BCUT2D eigenvalue weighted by molar-refractivity contribution is 0.176. The van der Waals surface area contributed by atoms with Gasteiger partial charge in [0, 0.05) is 25.2 Å². The number of para-hydroxylation sites is 1. The summed E-state index contributed by atoms with van der Waals surface area (Å²) in [5.41, 5.74) is 2.72. The molecule has 0 aliphatic rings. The fourth-order valence-corrected chi connectivity index (χ4v) is 2.13. The van der Waals surface area contributed by atoms with E-state index >= 15 is 0 Å². The van der Waals surface area contributed by atoms with E-state index in [1.54, 1.807) is 11.8 Å². The van der Waals surface area contributed by atoms with Gasteiger partial charge in [-0.1, -0.05) is 18.2 Å². The number of aryl methyl sites for hydroxylation is 2. The normalized spacial score (nSPS) is 12.4. The molecule has 0 saturated heterocycles. The molecule has 2 aromatic rings. The largest absolute Gasteiger partial charge is 0.496 e. The molecule has 0 radical (unpaired) electrons. The first-order valence-corrected chi connectivity index (χ1v) is 5.92. The summed E-state index contributed by atoms with van der Waals surface area (Å²) in [6, 6.07) is 7.73. The van der Waals surface area contributed by atoms with E-state index in [0.29, 0.717) is 6.42 Å². The molecule has 1 N–H and O–H groups in total. The Hall–Kier alpha value is -1.81. The first-order chi connectivity index (χ1) is 8.61. The van der Waals surface area contributed by atoms with Crippen molar-refractivity contribution in [3.63, 3.8) is 0 Å². The van der Waals surface area contributed by atoms with Crippen LogP contribution in [0.15, 0.2) is 30.5 Å². The summed E-state index contributed by atoms with van der Waals surface area (Å²) >= 11 is 0. The van der Waals surface area contributed by atoms with E-state index in [4.69, 9.17) is 4.74 Å². The summed E-state index contributed by atoms with van der Waals surface area (Å²) in [6.45, 7) is 1.90. The number of methoxy groups -OCH3 is 1. The van der Waals surface area contributed by atoms with Crippen molar-refractivity contribution < 1.29 is 9.84 Å². The number of rotatable bonds is 4. The van der Waals surface area contributed by atoms with Crippen molar-refractivity contribution >= 4 is 0 Å². The molecular formula is C14H18N2O2. The SMILES string of the molecule is COc1ccccc1CC(O)c1cn(C)nc1C. The van der Waals surface area contributed by atoms with E-state index < -0.39 is 6.10 Å². The second kappa shape index (κ2) is 5.23. The van der Waals surface area contributed by atoms with E-state index in [9.17, 15) is 5.11 Å². The van der Waals surface area contributed by atoms with Crippen molar-refractivity contribution in [2.45, 2.75) is 19.4 Å². The number of hydrogen-bond acceptors (Lipinski definition) is 3. The van der Waals surface area contributed by atoms with Crippen LogP contribution in [0.1, 0.15) is 22.9 Å². The Kier molecular flexibility index (Phi) is 3.67. The van der Waals surface area contributed by atoms with Crippen LogP contribution in [0.4, 0.5) is 0 Å². The lowest BCUT2D eigenvalue weighted by atomic mass is 10.0. The van der Waals surface area contributed by atoms with E-state index in [2.05, 4.69) is 5.10 Å². The topological polar surface area (TPSA) is 47.3 Å². The van der Waals surface area contributed by atoms with E-state index in [-0.39, 0.29) is 0 Å². The van der Waals surface area contributed by atoms with Crippen LogP contribution in [0.3, 0.4) is 0 Å². The fourth-order valence-electron chi connectivity index (χ4n) is 2.13. The highest BCUT2D eigenvalue weighted by Crippen LogP contribution is 2.25. The first kappa shape index (κ1) is 12.6. The van der Waals surface area contributed by atoms with Gasteiger partial charge in [-0.2, -0.15) is 5.10 Å². The van der Waals surface area contributed by atoms with Gasteiger partial charge in [-0.3, -0.25) is 4.68 Å². The lowest BCUT2D eigenvalue weighted by Gasteiger charge is -2.12.